The van der Waals surface area contributed by atoms with E-state index in [4.69, 9.17) is 0 Å². The lowest BCUT2D eigenvalue weighted by atomic mass is 9.92. The summed E-state index contributed by atoms with van der Waals surface area (Å²) in [7, 11) is 0. The number of anilines is 1. The van der Waals surface area contributed by atoms with E-state index in [0.29, 0.717) is 6.04 Å². The van der Waals surface area contributed by atoms with E-state index in [9.17, 15) is 4.79 Å². The highest BCUT2D eigenvalue weighted by molar-refractivity contribution is 7.15. The maximum atomic E-state index is 12.4. The maximum Gasteiger partial charge on any atom is 0.229 e. The summed E-state index contributed by atoms with van der Waals surface area (Å²) < 4.78 is 0. The second kappa shape index (κ2) is 6.42. The molecule has 1 saturated heterocycles. The van der Waals surface area contributed by atoms with Crippen LogP contribution in [0.15, 0.2) is 0 Å². The number of thiazole rings is 1. The van der Waals surface area contributed by atoms with Crippen LogP contribution in [0.25, 0.3) is 0 Å². The van der Waals surface area contributed by atoms with Gasteiger partial charge in [-0.1, -0.05) is 6.92 Å². The van der Waals surface area contributed by atoms with Crippen molar-refractivity contribution in [2.45, 2.75) is 45.7 Å². The highest BCUT2D eigenvalue weighted by Gasteiger charge is 2.26. The fourth-order valence-electron chi connectivity index (χ4n) is 3.15. The van der Waals surface area contributed by atoms with Gasteiger partial charge in [-0.2, -0.15) is 0 Å². The van der Waals surface area contributed by atoms with Gasteiger partial charge in [0.05, 0.1) is 5.69 Å². The quantitative estimate of drug-likeness (QED) is 0.895. The van der Waals surface area contributed by atoms with Crippen LogP contribution in [0.4, 0.5) is 5.13 Å². The van der Waals surface area contributed by atoms with Gasteiger partial charge in [0.1, 0.15) is 0 Å². The van der Waals surface area contributed by atoms with Crippen molar-refractivity contribution in [3.63, 3.8) is 0 Å². The number of piperidine rings is 1. The van der Waals surface area contributed by atoms with Gasteiger partial charge in [-0.25, -0.2) is 4.98 Å². The number of likely N-dealkylation sites (N-methyl/N-ethyl adjacent to an activating group) is 1. The summed E-state index contributed by atoms with van der Waals surface area (Å²) in [6, 6.07) is 0.428. The van der Waals surface area contributed by atoms with Crippen molar-refractivity contribution < 1.29 is 4.79 Å². The molecule has 116 valence electrons. The number of aromatic nitrogens is 1. The zero-order chi connectivity index (χ0) is 14.8. The molecule has 2 aliphatic rings. The zero-order valence-electron chi connectivity index (χ0n) is 12.8. The average Bonchev–Trinajstić information content (AvgIpc) is 2.88. The minimum atomic E-state index is 0.120. The van der Waals surface area contributed by atoms with E-state index in [2.05, 4.69) is 34.4 Å². The normalized spacial score (nSPS) is 26.4. The molecule has 1 amide bonds. The first-order chi connectivity index (χ1) is 10.2. The first-order valence-electron chi connectivity index (χ1n) is 7.91. The molecule has 1 fully saturated rings. The molecule has 0 radical (unpaired) electrons. The van der Waals surface area contributed by atoms with Gasteiger partial charge in [-0.3, -0.25) is 9.69 Å². The molecule has 0 aromatic carbocycles. The molecule has 21 heavy (non-hydrogen) atoms. The van der Waals surface area contributed by atoms with Crippen molar-refractivity contribution in [2.24, 2.45) is 5.92 Å². The van der Waals surface area contributed by atoms with E-state index < -0.39 is 0 Å². The minimum absolute atomic E-state index is 0.120. The van der Waals surface area contributed by atoms with E-state index in [1.807, 2.05) is 0 Å². The standard InChI is InChI=1S/C15H24N4OS/c1-3-19-7-5-12-13(9-19)21-15(17-12)18-14(20)11-4-6-16-10(2)8-11/h10-11,16H,3-9H2,1-2H3,(H,17,18,20)/t10-,11-/m0/s1. The molecular formula is C15H24N4OS. The predicted octanol–water partition coefficient (Wildman–Crippen LogP) is 1.85. The van der Waals surface area contributed by atoms with Crippen molar-refractivity contribution in [3.8, 4) is 0 Å². The molecule has 3 heterocycles. The van der Waals surface area contributed by atoms with Gasteiger partial charge in [0.15, 0.2) is 5.13 Å². The molecule has 0 spiro atoms. The molecule has 0 bridgehead atoms. The van der Waals surface area contributed by atoms with Gasteiger partial charge in [0.25, 0.3) is 0 Å². The third-order valence-electron chi connectivity index (χ3n) is 4.48. The van der Waals surface area contributed by atoms with Gasteiger partial charge in [0, 0.05) is 36.3 Å². The summed E-state index contributed by atoms with van der Waals surface area (Å²) in [4.78, 5) is 20.7. The molecule has 1 aromatic heterocycles. The fraction of sp³-hybridized carbons (Fsp3) is 0.733. The monoisotopic (exact) mass is 308 g/mol. The summed E-state index contributed by atoms with van der Waals surface area (Å²) >= 11 is 1.65. The molecule has 0 aliphatic carbocycles. The van der Waals surface area contributed by atoms with Crippen LogP contribution in [-0.4, -0.2) is 41.5 Å². The lowest BCUT2D eigenvalue weighted by molar-refractivity contribution is -0.120. The lowest BCUT2D eigenvalue weighted by Crippen LogP contribution is -2.40. The third kappa shape index (κ3) is 3.44. The van der Waals surface area contributed by atoms with E-state index in [1.54, 1.807) is 11.3 Å². The Bertz CT molecular complexity index is 516. The molecule has 0 saturated carbocycles. The average molecular weight is 308 g/mol. The van der Waals surface area contributed by atoms with Crippen LogP contribution in [-0.2, 0) is 17.8 Å². The lowest BCUT2D eigenvalue weighted by Gasteiger charge is -2.26. The highest BCUT2D eigenvalue weighted by atomic mass is 32.1. The number of hydrogen-bond acceptors (Lipinski definition) is 5. The number of hydrogen-bond donors (Lipinski definition) is 2. The molecule has 3 rings (SSSR count). The highest BCUT2D eigenvalue weighted by Crippen LogP contribution is 2.29. The van der Waals surface area contributed by atoms with Crippen LogP contribution in [0.2, 0.25) is 0 Å². The fourth-order valence-corrected chi connectivity index (χ4v) is 4.20. The van der Waals surface area contributed by atoms with Crippen LogP contribution >= 0.6 is 11.3 Å². The van der Waals surface area contributed by atoms with E-state index >= 15 is 0 Å². The Morgan fingerprint density at radius 3 is 3.19 bits per heavy atom. The first-order valence-corrected chi connectivity index (χ1v) is 8.72. The second-order valence-electron chi connectivity index (χ2n) is 6.07. The zero-order valence-corrected chi connectivity index (χ0v) is 13.6. The van der Waals surface area contributed by atoms with Crippen LogP contribution < -0.4 is 10.6 Å². The molecule has 2 atom stereocenters. The number of nitrogens with zero attached hydrogens (tertiary/aromatic N) is 2. The van der Waals surface area contributed by atoms with Gasteiger partial charge in [-0.15, -0.1) is 11.3 Å². The molecule has 5 nitrogen and oxygen atoms in total. The van der Waals surface area contributed by atoms with Gasteiger partial charge in [0.2, 0.25) is 5.91 Å². The smallest absolute Gasteiger partial charge is 0.229 e. The number of rotatable bonds is 3. The maximum absolute atomic E-state index is 12.4. The molecule has 2 aliphatic heterocycles. The van der Waals surface area contributed by atoms with Crippen molar-refractivity contribution in [1.29, 1.82) is 0 Å². The Morgan fingerprint density at radius 1 is 1.57 bits per heavy atom. The second-order valence-corrected chi connectivity index (χ2v) is 7.16. The van der Waals surface area contributed by atoms with E-state index in [1.165, 1.54) is 10.6 Å². The summed E-state index contributed by atoms with van der Waals surface area (Å²) in [5.74, 6) is 0.260. The molecule has 0 unspecified atom stereocenters. The number of nitrogens with one attached hydrogen (secondary N) is 2. The van der Waals surface area contributed by atoms with Crippen LogP contribution in [0, 0.1) is 5.92 Å². The summed E-state index contributed by atoms with van der Waals surface area (Å²) in [6.07, 6.45) is 2.84. The summed E-state index contributed by atoms with van der Waals surface area (Å²) in [5, 5.41) is 7.21. The Morgan fingerprint density at radius 2 is 2.43 bits per heavy atom. The Kier molecular flexibility index (Phi) is 4.57. The van der Waals surface area contributed by atoms with Crippen molar-refractivity contribution >= 4 is 22.4 Å². The molecule has 1 aromatic rings. The number of fused-ring (bicyclic) bond motifs is 1. The van der Waals surface area contributed by atoms with Crippen LogP contribution in [0.3, 0.4) is 0 Å². The van der Waals surface area contributed by atoms with Gasteiger partial charge >= 0.3 is 0 Å². The number of carbonyl (C=O) groups excluding carboxylic acids is 1. The SMILES string of the molecule is CCN1CCc2nc(NC(=O)[C@H]3CCN[C@@H](C)C3)sc2C1. The minimum Gasteiger partial charge on any atom is -0.314 e. The largest absolute Gasteiger partial charge is 0.314 e. The van der Waals surface area contributed by atoms with Crippen molar-refractivity contribution in [1.82, 2.24) is 15.2 Å². The van der Waals surface area contributed by atoms with E-state index in [-0.39, 0.29) is 11.8 Å². The number of amides is 1. The van der Waals surface area contributed by atoms with Gasteiger partial charge < -0.3 is 10.6 Å². The molecule has 2 N–H and O–H groups in total. The van der Waals surface area contributed by atoms with Crippen LogP contribution in [0.1, 0.15) is 37.3 Å². The topological polar surface area (TPSA) is 57.3 Å². The van der Waals surface area contributed by atoms with Crippen molar-refractivity contribution in [3.05, 3.63) is 10.6 Å². The van der Waals surface area contributed by atoms with Crippen LogP contribution in [0.5, 0.6) is 0 Å². The molecular weight excluding hydrogens is 284 g/mol. The van der Waals surface area contributed by atoms with E-state index in [0.717, 1.165) is 50.6 Å². The molecule has 6 heteroatoms. The number of carbonyl (C=O) groups is 1. The summed E-state index contributed by atoms with van der Waals surface area (Å²) in [6.45, 7) is 8.38. The summed E-state index contributed by atoms with van der Waals surface area (Å²) in [5.41, 5.74) is 1.18. The van der Waals surface area contributed by atoms with Gasteiger partial charge in [-0.05, 0) is 32.9 Å². The van der Waals surface area contributed by atoms with Crippen molar-refractivity contribution in [2.75, 3.05) is 25.0 Å². The third-order valence-corrected chi connectivity index (χ3v) is 5.48. The Hall–Kier alpha value is -0.980. The predicted molar refractivity (Wildman–Crippen MR) is 85.6 cm³/mol. The Labute approximate surface area is 130 Å². The Balaban J connectivity index is 1.63. The first kappa shape index (κ1) is 14.9.